The molecule has 7 nitrogen and oxygen atoms in total. The number of carbonyl (C=O) groups is 1. The summed E-state index contributed by atoms with van der Waals surface area (Å²) in [6.45, 7) is 2.69. The molecule has 0 saturated carbocycles. The smallest absolute Gasteiger partial charge is 0.252 e. The summed E-state index contributed by atoms with van der Waals surface area (Å²) in [5, 5.41) is 10.9. The molecule has 0 bridgehead atoms. The van der Waals surface area contributed by atoms with Crippen molar-refractivity contribution in [2.75, 3.05) is 6.54 Å². The van der Waals surface area contributed by atoms with Crippen molar-refractivity contribution in [3.8, 4) is 0 Å². The molecule has 0 radical (unpaired) electrons. The normalized spacial score (nSPS) is 13.6. The third-order valence-electron chi connectivity index (χ3n) is 4.32. The van der Waals surface area contributed by atoms with E-state index in [1.54, 1.807) is 6.20 Å². The van der Waals surface area contributed by atoms with E-state index in [0.29, 0.717) is 24.0 Å². The Morgan fingerprint density at radius 2 is 2.24 bits per heavy atom. The van der Waals surface area contributed by atoms with Crippen LogP contribution in [-0.4, -0.2) is 27.2 Å². The zero-order chi connectivity index (χ0) is 17.4. The van der Waals surface area contributed by atoms with Gasteiger partial charge in [-0.05, 0) is 18.2 Å². The van der Waals surface area contributed by atoms with Crippen LogP contribution in [0.1, 0.15) is 21.6 Å². The van der Waals surface area contributed by atoms with Crippen LogP contribution in [0.15, 0.2) is 35.3 Å². The minimum atomic E-state index is -0.472. The Labute approximate surface area is 141 Å². The fraction of sp³-hybridized carbons (Fsp3) is 0.235. The van der Waals surface area contributed by atoms with Crippen molar-refractivity contribution in [3.05, 3.63) is 63.5 Å². The van der Waals surface area contributed by atoms with Gasteiger partial charge in [0.1, 0.15) is 5.82 Å². The Morgan fingerprint density at radius 3 is 3.12 bits per heavy atom. The molecule has 1 amide bonds. The highest BCUT2D eigenvalue weighted by Crippen LogP contribution is 2.17. The Kier molecular flexibility index (Phi) is 3.81. The minimum Gasteiger partial charge on any atom is -0.348 e. The Bertz CT molecular complexity index is 1020. The van der Waals surface area contributed by atoms with E-state index in [9.17, 15) is 14.0 Å². The van der Waals surface area contributed by atoms with Gasteiger partial charge in [-0.15, -0.1) is 0 Å². The second-order valence-corrected chi connectivity index (χ2v) is 5.94. The fourth-order valence-corrected chi connectivity index (χ4v) is 3.08. The molecule has 1 aliphatic rings. The number of aromatic amines is 1. The first-order valence-electron chi connectivity index (χ1n) is 7.97. The predicted molar refractivity (Wildman–Crippen MR) is 89.6 cm³/mol. The number of carbonyl (C=O) groups excluding carboxylic acids is 1. The number of rotatable bonds is 3. The van der Waals surface area contributed by atoms with Crippen LogP contribution in [0, 0.1) is 5.82 Å². The number of H-pyrrole nitrogens is 1. The molecule has 0 aliphatic carbocycles. The van der Waals surface area contributed by atoms with Gasteiger partial charge in [0.15, 0.2) is 0 Å². The first kappa shape index (κ1) is 15.5. The van der Waals surface area contributed by atoms with Crippen molar-refractivity contribution < 1.29 is 9.18 Å². The average Bonchev–Trinajstić information content (AvgIpc) is 3.01. The number of nitrogens with zero attached hydrogens (tertiary/aromatic N) is 2. The molecule has 0 unspecified atom stereocenters. The summed E-state index contributed by atoms with van der Waals surface area (Å²) in [5.41, 5.74) is 2.04. The number of amides is 1. The highest BCUT2D eigenvalue weighted by molar-refractivity contribution is 6.05. The van der Waals surface area contributed by atoms with E-state index < -0.39 is 11.4 Å². The summed E-state index contributed by atoms with van der Waals surface area (Å²) in [7, 11) is 0. The lowest BCUT2D eigenvalue weighted by molar-refractivity contribution is 0.0952. The first-order chi connectivity index (χ1) is 12.1. The summed E-state index contributed by atoms with van der Waals surface area (Å²) in [5.74, 6) is -0.855. The first-order valence-corrected chi connectivity index (χ1v) is 7.97. The number of aromatic nitrogens is 3. The molecule has 0 atom stereocenters. The number of hydrogen-bond acceptors (Lipinski definition) is 4. The fourth-order valence-electron chi connectivity index (χ4n) is 3.08. The Balaban J connectivity index is 1.60. The van der Waals surface area contributed by atoms with Gasteiger partial charge in [-0.2, -0.15) is 5.10 Å². The number of fused-ring (bicyclic) bond motifs is 2. The maximum Gasteiger partial charge on any atom is 0.252 e. The molecule has 1 aromatic carbocycles. The van der Waals surface area contributed by atoms with Crippen molar-refractivity contribution in [2.24, 2.45) is 0 Å². The van der Waals surface area contributed by atoms with Crippen LogP contribution in [0.4, 0.5) is 4.39 Å². The maximum atomic E-state index is 13.4. The number of nitrogens with one attached hydrogen (secondary N) is 3. The molecule has 0 saturated heterocycles. The van der Waals surface area contributed by atoms with Gasteiger partial charge in [0.25, 0.3) is 5.91 Å². The van der Waals surface area contributed by atoms with Gasteiger partial charge in [-0.1, -0.05) is 0 Å². The molecule has 3 N–H and O–H groups in total. The van der Waals surface area contributed by atoms with E-state index in [0.717, 1.165) is 24.3 Å². The molecule has 4 rings (SSSR count). The lowest BCUT2D eigenvalue weighted by atomic mass is 10.1. The molecule has 25 heavy (non-hydrogen) atoms. The second-order valence-electron chi connectivity index (χ2n) is 5.94. The van der Waals surface area contributed by atoms with Crippen molar-refractivity contribution in [1.29, 1.82) is 0 Å². The number of benzene rings is 1. The van der Waals surface area contributed by atoms with Gasteiger partial charge in [0.05, 0.1) is 29.5 Å². The predicted octanol–water partition coefficient (Wildman–Crippen LogP) is 0.897. The summed E-state index contributed by atoms with van der Waals surface area (Å²) >= 11 is 0. The second kappa shape index (κ2) is 6.14. The molecule has 8 heteroatoms. The van der Waals surface area contributed by atoms with E-state index in [4.69, 9.17) is 0 Å². The van der Waals surface area contributed by atoms with Crippen LogP contribution in [0.2, 0.25) is 0 Å². The van der Waals surface area contributed by atoms with E-state index >= 15 is 0 Å². The molecular weight excluding hydrogens is 325 g/mol. The van der Waals surface area contributed by atoms with Crippen molar-refractivity contribution in [2.45, 2.75) is 19.6 Å². The van der Waals surface area contributed by atoms with Crippen LogP contribution in [0.25, 0.3) is 10.9 Å². The summed E-state index contributed by atoms with van der Waals surface area (Å²) in [6, 6.07) is 5.18. The molecule has 3 heterocycles. The van der Waals surface area contributed by atoms with Crippen LogP contribution in [0.3, 0.4) is 0 Å². The third-order valence-corrected chi connectivity index (χ3v) is 4.32. The lowest BCUT2D eigenvalue weighted by Crippen LogP contribution is -2.30. The van der Waals surface area contributed by atoms with Crippen molar-refractivity contribution >= 4 is 16.8 Å². The van der Waals surface area contributed by atoms with E-state index in [1.165, 1.54) is 24.3 Å². The van der Waals surface area contributed by atoms with E-state index in [1.807, 2.05) is 4.68 Å². The molecule has 0 fully saturated rings. The molecular formula is C17H16FN5O2. The topological polar surface area (TPSA) is 91.8 Å². The van der Waals surface area contributed by atoms with Crippen LogP contribution in [-0.2, 0) is 19.6 Å². The molecule has 3 aromatic rings. The van der Waals surface area contributed by atoms with Crippen LogP contribution >= 0.6 is 0 Å². The van der Waals surface area contributed by atoms with E-state index in [-0.39, 0.29) is 11.5 Å². The summed E-state index contributed by atoms with van der Waals surface area (Å²) < 4.78 is 15.3. The monoisotopic (exact) mass is 341 g/mol. The number of halogens is 1. The largest absolute Gasteiger partial charge is 0.348 e. The van der Waals surface area contributed by atoms with Crippen molar-refractivity contribution in [1.82, 2.24) is 25.4 Å². The van der Waals surface area contributed by atoms with E-state index in [2.05, 4.69) is 20.7 Å². The van der Waals surface area contributed by atoms with Gasteiger partial charge in [0.2, 0.25) is 5.56 Å². The molecule has 0 spiro atoms. The highest BCUT2D eigenvalue weighted by atomic mass is 19.1. The van der Waals surface area contributed by atoms with Gasteiger partial charge in [-0.25, -0.2) is 4.39 Å². The van der Waals surface area contributed by atoms with Gasteiger partial charge < -0.3 is 15.6 Å². The van der Waals surface area contributed by atoms with Crippen LogP contribution in [0.5, 0.6) is 0 Å². The van der Waals surface area contributed by atoms with Gasteiger partial charge in [-0.3, -0.25) is 14.3 Å². The number of hydrogen-bond donors (Lipinski definition) is 3. The standard InChI is InChI=1S/C17H16FN5O2/c18-11-1-2-12-13(6-16(24)22-14(12)5-11)17(25)20-7-10-8-21-23-4-3-19-9-15(10)23/h1-2,5-6,8,19H,3-4,7,9H2,(H,20,25)(H,22,24). The average molecular weight is 341 g/mol. The quantitative estimate of drug-likeness (QED) is 0.660. The van der Waals surface area contributed by atoms with Gasteiger partial charge >= 0.3 is 0 Å². The van der Waals surface area contributed by atoms with Gasteiger partial charge in [0, 0.05) is 36.7 Å². The molecule has 1 aliphatic heterocycles. The molecule has 2 aromatic heterocycles. The van der Waals surface area contributed by atoms with Crippen LogP contribution < -0.4 is 16.2 Å². The minimum absolute atomic E-state index is 0.220. The zero-order valence-corrected chi connectivity index (χ0v) is 13.3. The Hall–Kier alpha value is -3.00. The summed E-state index contributed by atoms with van der Waals surface area (Å²) in [6.07, 6.45) is 1.74. The van der Waals surface area contributed by atoms with Crippen molar-refractivity contribution in [3.63, 3.8) is 0 Å². The zero-order valence-electron chi connectivity index (χ0n) is 13.3. The molecule has 128 valence electrons. The Morgan fingerprint density at radius 1 is 1.36 bits per heavy atom. The lowest BCUT2D eigenvalue weighted by Gasteiger charge is -2.16. The maximum absolute atomic E-state index is 13.4. The number of pyridine rings is 1. The third kappa shape index (κ3) is 2.91. The SMILES string of the molecule is O=C(NCc1cnn2c1CNCC2)c1cc(=O)[nH]c2cc(F)ccc12. The highest BCUT2D eigenvalue weighted by Gasteiger charge is 2.16. The summed E-state index contributed by atoms with van der Waals surface area (Å²) in [4.78, 5) is 26.9.